The van der Waals surface area contributed by atoms with Crippen molar-refractivity contribution in [3.63, 3.8) is 0 Å². The Morgan fingerprint density at radius 2 is 1.90 bits per heavy atom. The summed E-state index contributed by atoms with van der Waals surface area (Å²) >= 11 is 0. The van der Waals surface area contributed by atoms with Crippen molar-refractivity contribution in [1.29, 1.82) is 0 Å². The zero-order valence-electron chi connectivity index (χ0n) is 19.4. The maximum absolute atomic E-state index is 12.0. The molecule has 7 nitrogen and oxygen atoms in total. The second-order valence-corrected chi connectivity index (χ2v) is 9.00. The SMILES string of the molecule is CCNC(=NCC(=O)NC(C)(C)C)NCCCN1CCN(C)CC1c1ccccc1. The summed E-state index contributed by atoms with van der Waals surface area (Å²) in [5, 5.41) is 9.52. The second kappa shape index (κ2) is 11.9. The van der Waals surface area contributed by atoms with Crippen molar-refractivity contribution in [1.82, 2.24) is 25.8 Å². The molecule has 1 heterocycles. The number of guanidine groups is 1. The zero-order chi connectivity index (χ0) is 22.0. The molecule has 1 aromatic carbocycles. The van der Waals surface area contributed by atoms with Crippen LogP contribution < -0.4 is 16.0 Å². The predicted molar refractivity (Wildman–Crippen MR) is 125 cm³/mol. The number of likely N-dealkylation sites (N-methyl/N-ethyl adjacent to an activating group) is 1. The highest BCUT2D eigenvalue weighted by Crippen LogP contribution is 2.24. The van der Waals surface area contributed by atoms with Gasteiger partial charge in [-0.05, 0) is 46.7 Å². The molecule has 30 heavy (non-hydrogen) atoms. The van der Waals surface area contributed by atoms with Crippen LogP contribution in [-0.2, 0) is 4.79 Å². The van der Waals surface area contributed by atoms with Crippen molar-refractivity contribution in [3.05, 3.63) is 35.9 Å². The minimum absolute atomic E-state index is 0.0668. The van der Waals surface area contributed by atoms with Crippen molar-refractivity contribution in [2.45, 2.75) is 45.7 Å². The van der Waals surface area contributed by atoms with Gasteiger partial charge in [-0.2, -0.15) is 0 Å². The van der Waals surface area contributed by atoms with E-state index in [0.29, 0.717) is 12.0 Å². The van der Waals surface area contributed by atoms with E-state index < -0.39 is 0 Å². The van der Waals surface area contributed by atoms with Crippen LogP contribution in [0.15, 0.2) is 35.3 Å². The minimum Gasteiger partial charge on any atom is -0.357 e. The molecule has 3 N–H and O–H groups in total. The van der Waals surface area contributed by atoms with Crippen LogP contribution in [-0.4, -0.2) is 80.1 Å². The number of hydrogen-bond acceptors (Lipinski definition) is 4. The third kappa shape index (κ3) is 8.71. The normalized spacial score (nSPS) is 18.8. The number of nitrogens with one attached hydrogen (secondary N) is 3. The maximum atomic E-state index is 12.0. The molecule has 0 aliphatic carbocycles. The molecule has 1 aliphatic heterocycles. The summed E-state index contributed by atoms with van der Waals surface area (Å²) in [5.74, 6) is 0.627. The molecule has 168 valence electrons. The topological polar surface area (TPSA) is 72.0 Å². The largest absolute Gasteiger partial charge is 0.357 e. The lowest BCUT2D eigenvalue weighted by atomic mass is 10.0. The Kier molecular flexibility index (Phi) is 9.59. The van der Waals surface area contributed by atoms with Gasteiger partial charge in [0, 0.05) is 50.8 Å². The maximum Gasteiger partial charge on any atom is 0.242 e. The average Bonchev–Trinajstić information content (AvgIpc) is 2.69. The number of rotatable bonds is 8. The lowest BCUT2D eigenvalue weighted by Gasteiger charge is -2.40. The van der Waals surface area contributed by atoms with Gasteiger partial charge in [-0.25, -0.2) is 4.99 Å². The van der Waals surface area contributed by atoms with Crippen LogP contribution >= 0.6 is 0 Å². The van der Waals surface area contributed by atoms with E-state index in [1.54, 1.807) is 0 Å². The van der Waals surface area contributed by atoms with Gasteiger partial charge in [-0.1, -0.05) is 30.3 Å². The fourth-order valence-electron chi connectivity index (χ4n) is 3.66. The molecule has 0 saturated carbocycles. The number of piperazine rings is 1. The highest BCUT2D eigenvalue weighted by atomic mass is 16.2. The van der Waals surface area contributed by atoms with Gasteiger partial charge < -0.3 is 20.9 Å². The Bertz CT molecular complexity index is 670. The summed E-state index contributed by atoms with van der Waals surface area (Å²) in [6.07, 6.45) is 1.02. The van der Waals surface area contributed by atoms with Gasteiger partial charge in [-0.3, -0.25) is 9.69 Å². The molecule has 1 aromatic rings. The summed E-state index contributed by atoms with van der Waals surface area (Å²) in [5.41, 5.74) is 1.15. The molecule has 2 rings (SSSR count). The number of hydrogen-bond donors (Lipinski definition) is 3. The van der Waals surface area contributed by atoms with E-state index in [0.717, 1.165) is 45.7 Å². The van der Waals surface area contributed by atoms with Gasteiger partial charge in [-0.15, -0.1) is 0 Å². The monoisotopic (exact) mass is 416 g/mol. The molecule has 1 amide bonds. The quantitative estimate of drug-likeness (QED) is 0.343. The van der Waals surface area contributed by atoms with Gasteiger partial charge in [0.15, 0.2) is 5.96 Å². The van der Waals surface area contributed by atoms with Gasteiger partial charge in [0.2, 0.25) is 5.91 Å². The molecule has 1 saturated heterocycles. The summed E-state index contributed by atoms with van der Waals surface area (Å²) < 4.78 is 0. The fraction of sp³-hybridized carbons (Fsp3) is 0.652. The van der Waals surface area contributed by atoms with Crippen molar-refractivity contribution < 1.29 is 4.79 Å². The van der Waals surface area contributed by atoms with Crippen LogP contribution in [0.3, 0.4) is 0 Å². The smallest absolute Gasteiger partial charge is 0.242 e. The summed E-state index contributed by atoms with van der Waals surface area (Å²) in [6.45, 7) is 13.9. The van der Waals surface area contributed by atoms with Crippen LogP contribution in [0.4, 0.5) is 0 Å². The van der Waals surface area contributed by atoms with E-state index in [1.165, 1.54) is 5.56 Å². The summed E-state index contributed by atoms with van der Waals surface area (Å²) in [4.78, 5) is 21.4. The number of amides is 1. The van der Waals surface area contributed by atoms with Gasteiger partial charge >= 0.3 is 0 Å². The highest BCUT2D eigenvalue weighted by Gasteiger charge is 2.25. The number of carbonyl (C=O) groups excluding carboxylic acids is 1. The Labute approximate surface area is 182 Å². The van der Waals surface area contributed by atoms with Crippen molar-refractivity contribution >= 4 is 11.9 Å². The summed E-state index contributed by atoms with van der Waals surface area (Å²) in [7, 11) is 2.20. The molecule has 1 aliphatic rings. The molecule has 0 spiro atoms. The predicted octanol–water partition coefficient (Wildman–Crippen LogP) is 1.84. The minimum atomic E-state index is -0.240. The Hall–Kier alpha value is -2.12. The van der Waals surface area contributed by atoms with Crippen LogP contribution in [0.25, 0.3) is 0 Å². The van der Waals surface area contributed by atoms with Crippen LogP contribution in [0.2, 0.25) is 0 Å². The highest BCUT2D eigenvalue weighted by molar-refractivity contribution is 5.85. The molecule has 0 bridgehead atoms. The van der Waals surface area contributed by atoms with E-state index >= 15 is 0 Å². The van der Waals surface area contributed by atoms with Crippen LogP contribution in [0, 0.1) is 0 Å². The van der Waals surface area contributed by atoms with Crippen molar-refractivity contribution in [2.75, 3.05) is 52.9 Å². The van der Waals surface area contributed by atoms with E-state index in [4.69, 9.17) is 0 Å². The number of carbonyl (C=O) groups is 1. The number of nitrogens with zero attached hydrogens (tertiary/aromatic N) is 3. The number of aliphatic imine (C=N–C) groups is 1. The third-order valence-electron chi connectivity index (χ3n) is 5.03. The van der Waals surface area contributed by atoms with Crippen molar-refractivity contribution in [2.24, 2.45) is 4.99 Å². The second-order valence-electron chi connectivity index (χ2n) is 9.00. The Balaban J connectivity index is 1.83. The molecular weight excluding hydrogens is 376 g/mol. The standard InChI is InChI=1S/C23H40N6O/c1-6-24-22(26-17-21(30)27-23(2,3)4)25-13-10-14-29-16-15-28(5)18-20(29)19-11-8-7-9-12-19/h7-9,11-12,20H,6,10,13-18H2,1-5H3,(H,27,30)(H2,24,25,26). The molecule has 0 radical (unpaired) electrons. The van der Waals surface area contributed by atoms with Gasteiger partial charge in [0.05, 0.1) is 0 Å². The number of benzene rings is 1. The molecular formula is C23H40N6O. The first-order valence-electron chi connectivity index (χ1n) is 11.1. The Morgan fingerprint density at radius 1 is 1.17 bits per heavy atom. The first-order chi connectivity index (χ1) is 14.3. The lowest BCUT2D eigenvalue weighted by molar-refractivity contribution is -0.121. The van der Waals surface area contributed by atoms with Crippen LogP contribution in [0.5, 0.6) is 0 Å². The molecule has 0 aromatic heterocycles. The van der Waals surface area contributed by atoms with E-state index in [9.17, 15) is 4.79 Å². The summed E-state index contributed by atoms with van der Waals surface area (Å²) in [6, 6.07) is 11.2. The lowest BCUT2D eigenvalue weighted by Crippen LogP contribution is -2.47. The average molecular weight is 417 g/mol. The van der Waals surface area contributed by atoms with Gasteiger partial charge in [0.25, 0.3) is 0 Å². The molecule has 1 fully saturated rings. The first-order valence-corrected chi connectivity index (χ1v) is 11.1. The Morgan fingerprint density at radius 3 is 2.57 bits per heavy atom. The zero-order valence-corrected chi connectivity index (χ0v) is 19.4. The fourth-order valence-corrected chi connectivity index (χ4v) is 3.66. The first kappa shape index (κ1) is 24.2. The van der Waals surface area contributed by atoms with Crippen molar-refractivity contribution in [3.8, 4) is 0 Å². The van der Waals surface area contributed by atoms with E-state index in [-0.39, 0.29) is 18.0 Å². The molecule has 1 atom stereocenters. The van der Waals surface area contributed by atoms with E-state index in [2.05, 4.69) is 68.1 Å². The molecule has 7 heteroatoms. The van der Waals surface area contributed by atoms with Crippen LogP contribution in [0.1, 0.15) is 45.7 Å². The molecule has 1 unspecified atom stereocenters. The van der Waals surface area contributed by atoms with Gasteiger partial charge in [0.1, 0.15) is 6.54 Å². The van der Waals surface area contributed by atoms with E-state index in [1.807, 2.05) is 27.7 Å². The third-order valence-corrected chi connectivity index (χ3v) is 5.03.